The predicted octanol–water partition coefficient (Wildman–Crippen LogP) is 2.18. The first-order chi connectivity index (χ1) is 6.76. The van der Waals surface area contributed by atoms with Crippen molar-refractivity contribution in [3.63, 3.8) is 0 Å². The number of benzene rings is 1. The van der Waals surface area contributed by atoms with E-state index in [1.165, 1.54) is 0 Å². The van der Waals surface area contributed by atoms with Crippen molar-refractivity contribution < 1.29 is 9.53 Å². The van der Waals surface area contributed by atoms with Crippen LogP contribution in [0.4, 0.5) is 5.69 Å². The Balaban J connectivity index is 2.59. The molecule has 0 heterocycles. The lowest BCUT2D eigenvalue weighted by Crippen LogP contribution is -2.09. The number of nitrogens with one attached hydrogen (secondary N) is 1. The van der Waals surface area contributed by atoms with E-state index in [-0.39, 0.29) is 5.91 Å². The van der Waals surface area contributed by atoms with Gasteiger partial charge in [0, 0.05) is 19.2 Å². The Labute approximate surface area is 84.1 Å². The van der Waals surface area contributed by atoms with Crippen LogP contribution in [0, 0.1) is 0 Å². The molecule has 1 amide bonds. The first-order valence-corrected chi connectivity index (χ1v) is 4.64. The van der Waals surface area contributed by atoms with E-state index >= 15 is 0 Å². The molecule has 0 radical (unpaired) electrons. The van der Waals surface area contributed by atoms with Crippen LogP contribution >= 0.6 is 0 Å². The van der Waals surface area contributed by atoms with E-state index in [0.717, 1.165) is 11.3 Å². The summed E-state index contributed by atoms with van der Waals surface area (Å²) < 4.78 is 4.98. The quantitative estimate of drug-likeness (QED) is 0.796. The molecule has 0 saturated heterocycles. The van der Waals surface area contributed by atoms with Gasteiger partial charge in [-0.3, -0.25) is 4.79 Å². The molecule has 0 fully saturated rings. The molecule has 0 aliphatic carbocycles. The summed E-state index contributed by atoms with van der Waals surface area (Å²) in [5.41, 5.74) is 1.93. The molecule has 0 aliphatic rings. The summed E-state index contributed by atoms with van der Waals surface area (Å²) in [6, 6.07) is 7.63. The summed E-state index contributed by atoms with van der Waals surface area (Å²) in [5, 5.41) is 2.78. The summed E-state index contributed by atoms with van der Waals surface area (Å²) in [5.74, 6) is 0.0319. The van der Waals surface area contributed by atoms with E-state index in [4.69, 9.17) is 4.74 Å². The number of hydrogen-bond acceptors (Lipinski definition) is 2. The van der Waals surface area contributed by atoms with Crippen LogP contribution in [0.5, 0.6) is 0 Å². The molecule has 0 bridgehead atoms. The Hall–Kier alpha value is -1.35. The van der Waals surface area contributed by atoms with E-state index in [0.29, 0.717) is 13.0 Å². The monoisotopic (exact) mass is 193 g/mol. The number of rotatable bonds is 4. The fraction of sp³-hybridized carbons (Fsp3) is 0.364. The second-order valence-electron chi connectivity index (χ2n) is 3.03. The molecule has 1 rings (SSSR count). The molecule has 0 aliphatic heterocycles. The van der Waals surface area contributed by atoms with Gasteiger partial charge < -0.3 is 10.1 Å². The highest BCUT2D eigenvalue weighted by atomic mass is 16.5. The van der Waals surface area contributed by atoms with Crippen molar-refractivity contribution in [2.75, 3.05) is 12.4 Å². The molecule has 14 heavy (non-hydrogen) atoms. The van der Waals surface area contributed by atoms with E-state index in [1.807, 2.05) is 31.2 Å². The fourth-order valence-electron chi connectivity index (χ4n) is 1.10. The maximum absolute atomic E-state index is 11.1. The van der Waals surface area contributed by atoms with Crippen molar-refractivity contribution in [3.05, 3.63) is 29.8 Å². The SMILES string of the molecule is CCC(=O)Nc1ccc(COC)cc1. The van der Waals surface area contributed by atoms with Crippen LogP contribution in [0.2, 0.25) is 0 Å². The third kappa shape index (κ3) is 3.18. The number of amides is 1. The minimum absolute atomic E-state index is 0.0319. The van der Waals surface area contributed by atoms with Crippen LogP contribution in [0.3, 0.4) is 0 Å². The number of methoxy groups -OCH3 is 1. The zero-order chi connectivity index (χ0) is 10.4. The molecular formula is C11H15NO2. The highest BCUT2D eigenvalue weighted by molar-refractivity contribution is 5.90. The van der Waals surface area contributed by atoms with Gasteiger partial charge in [-0.15, -0.1) is 0 Å². The average molecular weight is 193 g/mol. The predicted molar refractivity (Wildman–Crippen MR) is 56.1 cm³/mol. The van der Waals surface area contributed by atoms with Crippen molar-refractivity contribution >= 4 is 11.6 Å². The van der Waals surface area contributed by atoms with Gasteiger partial charge in [0.05, 0.1) is 6.61 Å². The molecule has 3 nitrogen and oxygen atoms in total. The average Bonchev–Trinajstić information content (AvgIpc) is 2.21. The Morgan fingerprint density at radius 3 is 2.50 bits per heavy atom. The first kappa shape index (κ1) is 10.7. The molecule has 0 unspecified atom stereocenters. The maximum atomic E-state index is 11.1. The molecule has 0 spiro atoms. The first-order valence-electron chi connectivity index (χ1n) is 4.64. The lowest BCUT2D eigenvalue weighted by Gasteiger charge is -2.04. The van der Waals surface area contributed by atoms with Gasteiger partial charge in [-0.1, -0.05) is 19.1 Å². The topological polar surface area (TPSA) is 38.3 Å². The minimum atomic E-state index is 0.0319. The summed E-state index contributed by atoms with van der Waals surface area (Å²) >= 11 is 0. The van der Waals surface area contributed by atoms with E-state index in [1.54, 1.807) is 7.11 Å². The Kier molecular flexibility index (Phi) is 4.13. The molecule has 1 N–H and O–H groups in total. The summed E-state index contributed by atoms with van der Waals surface area (Å²) in [4.78, 5) is 11.1. The number of anilines is 1. The molecule has 1 aromatic rings. The third-order valence-electron chi connectivity index (χ3n) is 1.87. The number of ether oxygens (including phenoxy) is 1. The van der Waals surface area contributed by atoms with Crippen molar-refractivity contribution in [2.24, 2.45) is 0 Å². The van der Waals surface area contributed by atoms with Crippen molar-refractivity contribution in [1.29, 1.82) is 0 Å². The van der Waals surface area contributed by atoms with Crippen LogP contribution in [0.25, 0.3) is 0 Å². The van der Waals surface area contributed by atoms with Gasteiger partial charge in [-0.2, -0.15) is 0 Å². The molecule has 0 atom stereocenters. The zero-order valence-electron chi connectivity index (χ0n) is 8.54. The normalized spacial score (nSPS) is 9.86. The molecular weight excluding hydrogens is 178 g/mol. The van der Waals surface area contributed by atoms with Gasteiger partial charge in [0.2, 0.25) is 5.91 Å². The molecule has 0 saturated carbocycles. The van der Waals surface area contributed by atoms with E-state index in [9.17, 15) is 4.79 Å². The van der Waals surface area contributed by atoms with E-state index in [2.05, 4.69) is 5.32 Å². The lowest BCUT2D eigenvalue weighted by molar-refractivity contribution is -0.115. The molecule has 3 heteroatoms. The molecule has 0 aromatic heterocycles. The van der Waals surface area contributed by atoms with E-state index < -0.39 is 0 Å². The maximum Gasteiger partial charge on any atom is 0.224 e. The minimum Gasteiger partial charge on any atom is -0.380 e. The van der Waals surface area contributed by atoms with Crippen LogP contribution in [0.15, 0.2) is 24.3 Å². The van der Waals surface area contributed by atoms with Crippen LogP contribution in [0.1, 0.15) is 18.9 Å². The van der Waals surface area contributed by atoms with Gasteiger partial charge in [0.25, 0.3) is 0 Å². The fourth-order valence-corrected chi connectivity index (χ4v) is 1.10. The second kappa shape index (κ2) is 5.40. The second-order valence-corrected chi connectivity index (χ2v) is 3.03. The number of hydrogen-bond donors (Lipinski definition) is 1. The highest BCUT2D eigenvalue weighted by Gasteiger charge is 1.98. The lowest BCUT2D eigenvalue weighted by atomic mass is 10.2. The van der Waals surface area contributed by atoms with Gasteiger partial charge >= 0.3 is 0 Å². The van der Waals surface area contributed by atoms with Gasteiger partial charge in [-0.05, 0) is 17.7 Å². The number of carbonyl (C=O) groups is 1. The van der Waals surface area contributed by atoms with Crippen LogP contribution < -0.4 is 5.32 Å². The Morgan fingerprint density at radius 2 is 2.00 bits per heavy atom. The van der Waals surface area contributed by atoms with Crippen LogP contribution in [-0.4, -0.2) is 13.0 Å². The van der Waals surface area contributed by atoms with Crippen LogP contribution in [-0.2, 0) is 16.1 Å². The molecule has 1 aromatic carbocycles. The largest absolute Gasteiger partial charge is 0.380 e. The van der Waals surface area contributed by atoms with Gasteiger partial charge in [0.15, 0.2) is 0 Å². The number of carbonyl (C=O) groups excluding carboxylic acids is 1. The summed E-state index contributed by atoms with van der Waals surface area (Å²) in [6.07, 6.45) is 0.500. The Morgan fingerprint density at radius 1 is 1.36 bits per heavy atom. The standard InChI is InChI=1S/C11H15NO2/c1-3-11(13)12-10-6-4-9(5-7-10)8-14-2/h4-7H,3,8H2,1-2H3,(H,12,13). The smallest absolute Gasteiger partial charge is 0.224 e. The summed E-state index contributed by atoms with van der Waals surface area (Å²) in [7, 11) is 1.66. The van der Waals surface area contributed by atoms with Gasteiger partial charge in [-0.25, -0.2) is 0 Å². The highest BCUT2D eigenvalue weighted by Crippen LogP contribution is 2.10. The summed E-state index contributed by atoms with van der Waals surface area (Å²) in [6.45, 7) is 2.43. The van der Waals surface area contributed by atoms with Crippen molar-refractivity contribution in [3.8, 4) is 0 Å². The van der Waals surface area contributed by atoms with Crippen molar-refractivity contribution in [1.82, 2.24) is 0 Å². The molecule has 76 valence electrons. The third-order valence-corrected chi connectivity index (χ3v) is 1.87. The Bertz CT molecular complexity index is 293. The van der Waals surface area contributed by atoms with Gasteiger partial charge in [0.1, 0.15) is 0 Å². The van der Waals surface area contributed by atoms with Crippen molar-refractivity contribution in [2.45, 2.75) is 20.0 Å². The zero-order valence-corrected chi connectivity index (χ0v) is 8.54.